The SMILES string of the molecule is CCN(Cc1nc2scc(-c3ccccc3)c2c(=O)[nH]1)Cc1ccc(Br)s1. The zero-order valence-corrected chi connectivity index (χ0v) is 18.0. The molecule has 4 aromatic rings. The van der Waals surface area contributed by atoms with Gasteiger partial charge < -0.3 is 4.98 Å². The fraction of sp³-hybridized carbons (Fsp3) is 0.200. The molecular weight excluding hydrogens is 442 g/mol. The number of aromatic amines is 1. The van der Waals surface area contributed by atoms with Gasteiger partial charge in [-0.1, -0.05) is 37.3 Å². The third-order valence-corrected chi connectivity index (χ3v) is 6.89. The van der Waals surface area contributed by atoms with Gasteiger partial charge in [0.15, 0.2) is 0 Å². The molecule has 4 nitrogen and oxygen atoms in total. The lowest BCUT2D eigenvalue weighted by molar-refractivity contribution is 0.267. The van der Waals surface area contributed by atoms with Crippen molar-refractivity contribution >= 4 is 48.8 Å². The van der Waals surface area contributed by atoms with Crippen LogP contribution in [0.5, 0.6) is 0 Å². The van der Waals surface area contributed by atoms with Gasteiger partial charge in [0.25, 0.3) is 5.56 Å². The lowest BCUT2D eigenvalue weighted by Crippen LogP contribution is -2.24. The number of hydrogen-bond acceptors (Lipinski definition) is 5. The van der Waals surface area contributed by atoms with Crippen molar-refractivity contribution in [3.8, 4) is 11.1 Å². The smallest absolute Gasteiger partial charge is 0.260 e. The van der Waals surface area contributed by atoms with Gasteiger partial charge in [-0.15, -0.1) is 22.7 Å². The Labute approximate surface area is 173 Å². The van der Waals surface area contributed by atoms with Crippen LogP contribution in [-0.2, 0) is 13.1 Å². The van der Waals surface area contributed by atoms with Crippen LogP contribution in [0.4, 0.5) is 0 Å². The first-order valence-electron chi connectivity index (χ1n) is 8.66. The molecule has 0 saturated carbocycles. The Morgan fingerprint density at radius 3 is 2.67 bits per heavy atom. The van der Waals surface area contributed by atoms with Gasteiger partial charge in [0.1, 0.15) is 10.7 Å². The molecule has 0 aliphatic carbocycles. The summed E-state index contributed by atoms with van der Waals surface area (Å²) in [6.07, 6.45) is 0. The summed E-state index contributed by atoms with van der Waals surface area (Å²) in [7, 11) is 0. The molecule has 0 bridgehead atoms. The lowest BCUT2D eigenvalue weighted by Gasteiger charge is -2.18. The van der Waals surface area contributed by atoms with Crippen molar-refractivity contribution in [1.82, 2.24) is 14.9 Å². The number of rotatable bonds is 6. The fourth-order valence-electron chi connectivity index (χ4n) is 3.05. The molecule has 7 heteroatoms. The Hall–Kier alpha value is -1.80. The Morgan fingerprint density at radius 2 is 1.96 bits per heavy atom. The van der Waals surface area contributed by atoms with Gasteiger partial charge in [0, 0.05) is 22.4 Å². The number of nitrogens with zero attached hydrogens (tertiary/aromatic N) is 2. The number of thiophene rings is 2. The Morgan fingerprint density at radius 1 is 1.15 bits per heavy atom. The maximum atomic E-state index is 12.8. The summed E-state index contributed by atoms with van der Waals surface area (Å²) in [5.74, 6) is 0.714. The normalized spacial score (nSPS) is 11.5. The molecule has 0 fully saturated rings. The minimum absolute atomic E-state index is 0.0648. The van der Waals surface area contributed by atoms with E-state index < -0.39 is 0 Å². The predicted molar refractivity (Wildman–Crippen MR) is 117 cm³/mol. The predicted octanol–water partition coefficient (Wildman–Crippen LogP) is 5.50. The van der Waals surface area contributed by atoms with E-state index in [1.54, 1.807) is 11.3 Å². The van der Waals surface area contributed by atoms with Crippen molar-refractivity contribution in [2.75, 3.05) is 6.54 Å². The standard InChI is InChI=1S/C20H18BrN3OS2/c1-2-24(10-14-8-9-16(21)27-14)11-17-22-19(25)18-15(12-26-20(18)23-17)13-6-4-3-5-7-13/h3-9,12H,2,10-11H2,1H3,(H,22,23,25). The highest BCUT2D eigenvalue weighted by Gasteiger charge is 2.14. The van der Waals surface area contributed by atoms with Gasteiger partial charge in [-0.3, -0.25) is 9.69 Å². The molecule has 0 unspecified atom stereocenters. The number of halogens is 1. The molecule has 0 radical (unpaired) electrons. The molecule has 3 aromatic heterocycles. The highest BCUT2D eigenvalue weighted by Crippen LogP contribution is 2.30. The quantitative estimate of drug-likeness (QED) is 0.414. The van der Waals surface area contributed by atoms with Crippen LogP contribution in [0, 0.1) is 0 Å². The number of benzene rings is 1. The first-order valence-corrected chi connectivity index (χ1v) is 11.2. The van der Waals surface area contributed by atoms with Crippen LogP contribution in [0.15, 0.2) is 56.4 Å². The summed E-state index contributed by atoms with van der Waals surface area (Å²) < 4.78 is 1.13. The molecular formula is C20H18BrN3OS2. The van der Waals surface area contributed by atoms with E-state index in [2.05, 4.69) is 44.9 Å². The minimum Gasteiger partial charge on any atom is -0.309 e. The highest BCUT2D eigenvalue weighted by molar-refractivity contribution is 9.11. The fourth-order valence-corrected chi connectivity index (χ4v) is 5.54. The van der Waals surface area contributed by atoms with E-state index in [9.17, 15) is 4.79 Å². The molecule has 0 atom stereocenters. The number of hydrogen-bond donors (Lipinski definition) is 1. The Bertz CT molecular complexity index is 1120. The van der Waals surface area contributed by atoms with E-state index in [-0.39, 0.29) is 5.56 Å². The number of H-pyrrole nitrogens is 1. The third-order valence-electron chi connectivity index (χ3n) is 4.41. The topological polar surface area (TPSA) is 49.0 Å². The average molecular weight is 460 g/mol. The number of nitrogens with one attached hydrogen (secondary N) is 1. The molecule has 0 aliphatic rings. The first kappa shape index (κ1) is 18.6. The van der Waals surface area contributed by atoms with E-state index in [1.807, 2.05) is 35.7 Å². The van der Waals surface area contributed by atoms with Gasteiger partial charge >= 0.3 is 0 Å². The van der Waals surface area contributed by atoms with Gasteiger partial charge in [-0.25, -0.2) is 4.98 Å². The summed E-state index contributed by atoms with van der Waals surface area (Å²) in [6, 6.07) is 14.2. The molecule has 0 saturated heterocycles. The molecule has 138 valence electrons. The largest absolute Gasteiger partial charge is 0.309 e. The Kier molecular flexibility index (Phi) is 5.54. The van der Waals surface area contributed by atoms with Crippen molar-refractivity contribution in [1.29, 1.82) is 0 Å². The van der Waals surface area contributed by atoms with Crippen molar-refractivity contribution in [3.63, 3.8) is 0 Å². The van der Waals surface area contributed by atoms with E-state index in [4.69, 9.17) is 4.98 Å². The summed E-state index contributed by atoms with van der Waals surface area (Å²) in [4.78, 5) is 24.9. The van der Waals surface area contributed by atoms with Gasteiger partial charge in [-0.2, -0.15) is 0 Å². The molecule has 3 heterocycles. The monoisotopic (exact) mass is 459 g/mol. The van der Waals surface area contributed by atoms with Crippen LogP contribution in [0.3, 0.4) is 0 Å². The zero-order chi connectivity index (χ0) is 18.8. The molecule has 0 amide bonds. The van der Waals surface area contributed by atoms with Crippen molar-refractivity contribution in [2.24, 2.45) is 0 Å². The molecule has 1 N–H and O–H groups in total. The molecule has 0 spiro atoms. The maximum absolute atomic E-state index is 12.8. The Balaban J connectivity index is 1.62. The van der Waals surface area contributed by atoms with E-state index in [0.29, 0.717) is 17.8 Å². The third kappa shape index (κ3) is 4.06. The second-order valence-electron chi connectivity index (χ2n) is 6.22. The second kappa shape index (κ2) is 8.06. The van der Waals surface area contributed by atoms with Crippen LogP contribution < -0.4 is 5.56 Å². The average Bonchev–Trinajstić information content (AvgIpc) is 3.28. The van der Waals surface area contributed by atoms with Crippen molar-refractivity contribution < 1.29 is 0 Å². The zero-order valence-electron chi connectivity index (χ0n) is 14.7. The molecule has 0 aliphatic heterocycles. The van der Waals surface area contributed by atoms with Gasteiger partial charge in [-0.05, 0) is 40.2 Å². The summed E-state index contributed by atoms with van der Waals surface area (Å²) in [6.45, 7) is 4.47. The number of aromatic nitrogens is 2. The lowest BCUT2D eigenvalue weighted by atomic mass is 10.1. The van der Waals surface area contributed by atoms with Crippen molar-refractivity contribution in [2.45, 2.75) is 20.0 Å². The molecule has 27 heavy (non-hydrogen) atoms. The summed E-state index contributed by atoms with van der Waals surface area (Å²) in [5, 5.41) is 2.70. The summed E-state index contributed by atoms with van der Waals surface area (Å²) in [5.41, 5.74) is 1.93. The van der Waals surface area contributed by atoms with E-state index >= 15 is 0 Å². The molecule has 1 aromatic carbocycles. The van der Waals surface area contributed by atoms with Crippen LogP contribution >= 0.6 is 38.6 Å². The second-order valence-corrected chi connectivity index (χ2v) is 9.62. The van der Waals surface area contributed by atoms with E-state index in [1.165, 1.54) is 16.2 Å². The van der Waals surface area contributed by atoms with Crippen LogP contribution in [0.1, 0.15) is 17.6 Å². The maximum Gasteiger partial charge on any atom is 0.260 e. The van der Waals surface area contributed by atoms with E-state index in [0.717, 1.165) is 32.8 Å². The van der Waals surface area contributed by atoms with Crippen LogP contribution in [0.25, 0.3) is 21.3 Å². The van der Waals surface area contributed by atoms with Gasteiger partial charge in [0.2, 0.25) is 0 Å². The van der Waals surface area contributed by atoms with Crippen LogP contribution in [0.2, 0.25) is 0 Å². The van der Waals surface area contributed by atoms with Gasteiger partial charge in [0.05, 0.1) is 15.7 Å². The molecule has 4 rings (SSSR count). The van der Waals surface area contributed by atoms with Crippen molar-refractivity contribution in [3.05, 3.63) is 72.7 Å². The highest BCUT2D eigenvalue weighted by atomic mass is 79.9. The van der Waals surface area contributed by atoms with Crippen LogP contribution in [-0.4, -0.2) is 21.4 Å². The first-order chi connectivity index (χ1) is 13.1. The number of fused-ring (bicyclic) bond motifs is 1. The summed E-state index contributed by atoms with van der Waals surface area (Å²) >= 11 is 6.77. The minimum atomic E-state index is -0.0648.